The third kappa shape index (κ3) is 3.66. The van der Waals surface area contributed by atoms with Crippen LogP contribution in [0.25, 0.3) is 0 Å². The first-order chi connectivity index (χ1) is 7.50. The number of nitrogens with one attached hydrogen (secondary N) is 1. The van der Waals surface area contributed by atoms with E-state index < -0.39 is 0 Å². The summed E-state index contributed by atoms with van der Waals surface area (Å²) in [5.41, 5.74) is 1.53. The average Bonchev–Trinajstić information content (AvgIpc) is 2.22. The van der Waals surface area contributed by atoms with Crippen molar-refractivity contribution in [1.29, 1.82) is 0 Å². The number of amides is 1. The molecule has 0 unspecified atom stereocenters. The van der Waals surface area contributed by atoms with E-state index in [1.54, 1.807) is 18.2 Å². The zero-order valence-electron chi connectivity index (χ0n) is 9.34. The van der Waals surface area contributed by atoms with Crippen LogP contribution in [0.1, 0.15) is 25.3 Å². The number of carbonyl (C=O) groups excluding carboxylic acids is 2. The van der Waals surface area contributed by atoms with Gasteiger partial charge in [-0.05, 0) is 31.5 Å². The van der Waals surface area contributed by atoms with E-state index in [9.17, 15) is 9.59 Å². The summed E-state index contributed by atoms with van der Waals surface area (Å²) in [4.78, 5) is 22.2. The van der Waals surface area contributed by atoms with Gasteiger partial charge in [0.05, 0.1) is 0 Å². The van der Waals surface area contributed by atoms with Crippen LogP contribution in [0.4, 0.5) is 5.69 Å². The van der Waals surface area contributed by atoms with Crippen LogP contribution < -0.4 is 5.32 Å². The third-order valence-electron chi connectivity index (χ3n) is 2.25. The second-order valence-corrected chi connectivity index (χ2v) is 4.07. The first-order valence-electron chi connectivity index (χ1n) is 5.05. The maximum absolute atomic E-state index is 11.5. The molecule has 0 fully saturated rings. The Kier molecular flexibility index (Phi) is 4.50. The average molecular weight is 240 g/mol. The van der Waals surface area contributed by atoms with Gasteiger partial charge in [-0.1, -0.05) is 17.7 Å². The number of rotatable bonds is 4. The lowest BCUT2D eigenvalue weighted by Crippen LogP contribution is -2.13. The molecule has 16 heavy (non-hydrogen) atoms. The van der Waals surface area contributed by atoms with Gasteiger partial charge in [-0.2, -0.15) is 0 Å². The van der Waals surface area contributed by atoms with Crippen molar-refractivity contribution in [2.24, 2.45) is 0 Å². The fraction of sp³-hybridized carbons (Fsp3) is 0.333. The van der Waals surface area contributed by atoms with Gasteiger partial charge in [-0.15, -0.1) is 0 Å². The Balaban J connectivity index is 2.63. The predicted molar refractivity (Wildman–Crippen MR) is 64.7 cm³/mol. The van der Waals surface area contributed by atoms with E-state index in [1.807, 2.05) is 6.92 Å². The topological polar surface area (TPSA) is 46.2 Å². The zero-order valence-corrected chi connectivity index (χ0v) is 10.1. The lowest BCUT2D eigenvalue weighted by atomic mass is 10.2. The molecule has 0 atom stereocenters. The van der Waals surface area contributed by atoms with E-state index in [-0.39, 0.29) is 24.5 Å². The van der Waals surface area contributed by atoms with Crippen LogP contribution in [0.2, 0.25) is 5.02 Å². The van der Waals surface area contributed by atoms with E-state index in [4.69, 9.17) is 11.6 Å². The molecule has 1 amide bonds. The van der Waals surface area contributed by atoms with Crippen molar-refractivity contribution in [2.45, 2.75) is 26.7 Å². The fourth-order valence-corrected chi connectivity index (χ4v) is 1.42. The van der Waals surface area contributed by atoms with Gasteiger partial charge in [-0.3, -0.25) is 4.79 Å². The summed E-state index contributed by atoms with van der Waals surface area (Å²) in [5, 5.41) is 3.35. The molecule has 0 saturated carbocycles. The highest BCUT2D eigenvalue weighted by atomic mass is 35.5. The van der Waals surface area contributed by atoms with Gasteiger partial charge in [0.2, 0.25) is 5.91 Å². The highest BCUT2D eigenvalue weighted by molar-refractivity contribution is 6.31. The number of benzene rings is 1. The lowest BCUT2D eigenvalue weighted by molar-refractivity contribution is -0.121. The molecular formula is C12H14ClNO2. The molecule has 0 heterocycles. The second kappa shape index (κ2) is 5.66. The van der Waals surface area contributed by atoms with E-state index in [0.29, 0.717) is 10.7 Å². The Hall–Kier alpha value is -1.35. The van der Waals surface area contributed by atoms with Gasteiger partial charge in [0, 0.05) is 23.6 Å². The number of carbonyl (C=O) groups is 2. The summed E-state index contributed by atoms with van der Waals surface area (Å²) >= 11 is 5.92. The fourth-order valence-electron chi connectivity index (χ4n) is 1.25. The van der Waals surface area contributed by atoms with Gasteiger partial charge in [0.25, 0.3) is 0 Å². The molecule has 1 aromatic carbocycles. The van der Waals surface area contributed by atoms with Crippen molar-refractivity contribution in [3.8, 4) is 0 Å². The van der Waals surface area contributed by atoms with Crippen LogP contribution in [-0.2, 0) is 9.59 Å². The van der Waals surface area contributed by atoms with Crippen molar-refractivity contribution < 1.29 is 9.59 Å². The Morgan fingerprint density at radius 1 is 1.31 bits per heavy atom. The molecule has 0 radical (unpaired) electrons. The minimum atomic E-state index is -0.166. The Morgan fingerprint density at radius 3 is 2.62 bits per heavy atom. The Labute approximate surface area is 99.8 Å². The molecule has 3 nitrogen and oxygen atoms in total. The molecule has 0 aromatic heterocycles. The van der Waals surface area contributed by atoms with Gasteiger partial charge < -0.3 is 10.1 Å². The molecular weight excluding hydrogens is 226 g/mol. The maximum Gasteiger partial charge on any atom is 0.224 e. The number of hydrogen-bond donors (Lipinski definition) is 1. The number of hydrogen-bond acceptors (Lipinski definition) is 2. The highest BCUT2D eigenvalue weighted by Crippen LogP contribution is 2.22. The van der Waals surface area contributed by atoms with Gasteiger partial charge >= 0.3 is 0 Å². The van der Waals surface area contributed by atoms with Crippen molar-refractivity contribution in [3.05, 3.63) is 28.8 Å². The van der Waals surface area contributed by atoms with Gasteiger partial charge in [0.15, 0.2) is 0 Å². The van der Waals surface area contributed by atoms with Crippen LogP contribution in [0.15, 0.2) is 18.2 Å². The summed E-state index contributed by atoms with van der Waals surface area (Å²) in [6.45, 7) is 3.31. The maximum atomic E-state index is 11.5. The highest BCUT2D eigenvalue weighted by Gasteiger charge is 2.07. The summed E-state index contributed by atoms with van der Waals surface area (Å²) in [7, 11) is 0. The normalized spacial score (nSPS) is 9.94. The molecule has 0 aliphatic rings. The first kappa shape index (κ1) is 12.7. The minimum absolute atomic E-state index is 0.0120. The lowest BCUT2D eigenvalue weighted by Gasteiger charge is -2.08. The number of halogens is 1. The van der Waals surface area contributed by atoms with Crippen LogP contribution in [0, 0.1) is 6.92 Å². The van der Waals surface area contributed by atoms with Crippen molar-refractivity contribution in [3.63, 3.8) is 0 Å². The summed E-state index contributed by atoms with van der Waals surface area (Å²) in [6.07, 6.45) is 0.479. The Morgan fingerprint density at radius 2 is 2.00 bits per heavy atom. The minimum Gasteiger partial charge on any atom is -0.326 e. The van der Waals surface area contributed by atoms with E-state index in [2.05, 4.69) is 5.32 Å². The van der Waals surface area contributed by atoms with Gasteiger partial charge in [-0.25, -0.2) is 0 Å². The molecule has 0 aliphatic carbocycles. The molecule has 1 N–H and O–H groups in total. The number of anilines is 1. The molecule has 0 aliphatic heterocycles. The van der Waals surface area contributed by atoms with Crippen LogP contribution in [0.5, 0.6) is 0 Å². The van der Waals surface area contributed by atoms with Crippen LogP contribution in [0.3, 0.4) is 0 Å². The molecule has 0 saturated heterocycles. The van der Waals surface area contributed by atoms with E-state index in [0.717, 1.165) is 5.56 Å². The molecule has 1 rings (SSSR count). The largest absolute Gasteiger partial charge is 0.326 e. The Bertz CT molecular complexity index is 415. The quantitative estimate of drug-likeness (QED) is 0.878. The third-order valence-corrected chi connectivity index (χ3v) is 2.66. The van der Waals surface area contributed by atoms with Crippen molar-refractivity contribution >= 4 is 29.0 Å². The van der Waals surface area contributed by atoms with Gasteiger partial charge in [0.1, 0.15) is 5.78 Å². The monoisotopic (exact) mass is 239 g/mol. The van der Waals surface area contributed by atoms with Crippen molar-refractivity contribution in [2.75, 3.05) is 5.32 Å². The molecule has 1 aromatic rings. The molecule has 0 bridgehead atoms. The van der Waals surface area contributed by atoms with Crippen LogP contribution in [-0.4, -0.2) is 11.7 Å². The molecule has 0 spiro atoms. The van der Waals surface area contributed by atoms with Crippen molar-refractivity contribution in [1.82, 2.24) is 0 Å². The SMILES string of the molecule is CC(=O)CCC(=O)Nc1cccc(Cl)c1C. The van der Waals surface area contributed by atoms with Crippen LogP contribution >= 0.6 is 11.6 Å². The predicted octanol–water partition coefficient (Wildman–Crippen LogP) is 2.96. The van der Waals surface area contributed by atoms with E-state index in [1.165, 1.54) is 6.92 Å². The summed E-state index contributed by atoms with van der Waals surface area (Å²) in [6, 6.07) is 5.32. The second-order valence-electron chi connectivity index (χ2n) is 3.66. The first-order valence-corrected chi connectivity index (χ1v) is 5.43. The standard InChI is InChI=1S/C12H14ClNO2/c1-8(15)6-7-12(16)14-11-5-3-4-10(13)9(11)2/h3-5H,6-7H2,1-2H3,(H,14,16). The summed E-state index contributed by atoms with van der Waals surface area (Å²) < 4.78 is 0. The number of Topliss-reactive ketones (excluding diaryl/α,β-unsaturated/α-hetero) is 1. The zero-order chi connectivity index (χ0) is 12.1. The smallest absolute Gasteiger partial charge is 0.224 e. The molecule has 86 valence electrons. The summed E-state index contributed by atoms with van der Waals surface area (Å²) in [5.74, 6) is -0.154. The molecule has 4 heteroatoms. The van der Waals surface area contributed by atoms with E-state index >= 15 is 0 Å². The number of ketones is 1.